The van der Waals surface area contributed by atoms with Gasteiger partial charge in [-0.3, -0.25) is 4.79 Å². The van der Waals surface area contributed by atoms with Crippen LogP contribution in [0.3, 0.4) is 0 Å². The normalized spacial score (nSPS) is 10.1. The van der Waals surface area contributed by atoms with Gasteiger partial charge in [0.25, 0.3) is 0 Å². The van der Waals surface area contributed by atoms with E-state index in [4.69, 9.17) is 5.26 Å². The molecule has 0 spiro atoms. The monoisotopic (exact) mass is 283 g/mol. The molecule has 0 saturated heterocycles. The summed E-state index contributed by atoms with van der Waals surface area (Å²) in [5, 5.41) is 16.1. The Bertz CT molecular complexity index is 684. The number of aryl methyl sites for hydroxylation is 2. The minimum Gasteiger partial charge on any atom is -0.323 e. The van der Waals surface area contributed by atoms with Gasteiger partial charge in [0.2, 0.25) is 5.91 Å². The highest BCUT2D eigenvalue weighted by Gasteiger charge is 2.12. The molecule has 0 aliphatic carbocycles. The number of nitrogens with zero attached hydrogens (tertiary/aromatic N) is 4. The first-order chi connectivity index (χ1) is 10.2. The number of para-hydroxylation sites is 1. The van der Waals surface area contributed by atoms with E-state index in [1.807, 2.05) is 13.8 Å². The molecule has 1 aromatic heterocycles. The Kier molecular flexibility index (Phi) is 4.67. The van der Waals surface area contributed by atoms with Gasteiger partial charge in [0.05, 0.1) is 11.3 Å². The van der Waals surface area contributed by atoms with E-state index in [0.717, 1.165) is 24.5 Å². The molecule has 1 amide bonds. The molecule has 0 fully saturated rings. The van der Waals surface area contributed by atoms with Gasteiger partial charge in [0.1, 0.15) is 18.4 Å². The molecular weight excluding hydrogens is 266 g/mol. The molecule has 0 bridgehead atoms. The second kappa shape index (κ2) is 6.66. The Balaban J connectivity index is 2.12. The van der Waals surface area contributed by atoms with Crippen LogP contribution in [-0.4, -0.2) is 20.7 Å². The van der Waals surface area contributed by atoms with Gasteiger partial charge in [-0.1, -0.05) is 26.0 Å². The maximum atomic E-state index is 12.1. The summed E-state index contributed by atoms with van der Waals surface area (Å²) in [7, 11) is 0. The molecule has 1 heterocycles. The van der Waals surface area contributed by atoms with E-state index < -0.39 is 0 Å². The van der Waals surface area contributed by atoms with E-state index in [1.165, 1.54) is 0 Å². The van der Waals surface area contributed by atoms with Crippen molar-refractivity contribution in [3.8, 4) is 6.07 Å². The molecule has 2 aromatic rings. The number of carbonyl (C=O) groups excluding carboxylic acids is 1. The molecule has 108 valence electrons. The molecule has 0 aliphatic heterocycles. The zero-order valence-corrected chi connectivity index (χ0v) is 12.1. The third-order valence-corrected chi connectivity index (χ3v) is 3.04. The Hall–Kier alpha value is -2.68. The molecule has 0 atom stereocenters. The fourth-order valence-corrected chi connectivity index (χ4v) is 1.98. The van der Waals surface area contributed by atoms with Crippen molar-refractivity contribution < 1.29 is 4.79 Å². The maximum Gasteiger partial charge on any atom is 0.246 e. The van der Waals surface area contributed by atoms with Crippen molar-refractivity contribution in [1.29, 1.82) is 5.26 Å². The van der Waals surface area contributed by atoms with Crippen LogP contribution in [0.15, 0.2) is 24.3 Å². The predicted molar refractivity (Wildman–Crippen MR) is 78.6 cm³/mol. The first kappa shape index (κ1) is 14.7. The lowest BCUT2D eigenvalue weighted by Gasteiger charge is -2.07. The van der Waals surface area contributed by atoms with Crippen LogP contribution in [0.25, 0.3) is 0 Å². The Labute approximate surface area is 123 Å². The molecule has 21 heavy (non-hydrogen) atoms. The second-order valence-electron chi connectivity index (χ2n) is 4.51. The number of hydrogen-bond donors (Lipinski definition) is 1. The number of hydrogen-bond acceptors (Lipinski definition) is 4. The molecule has 6 heteroatoms. The number of carbonyl (C=O) groups is 1. The SMILES string of the molecule is CCc1nc(CC)n(CC(=O)Nc2ccccc2C#N)n1. The van der Waals surface area contributed by atoms with E-state index in [0.29, 0.717) is 11.3 Å². The molecule has 1 aromatic carbocycles. The highest BCUT2D eigenvalue weighted by molar-refractivity contribution is 5.91. The number of benzene rings is 1. The highest BCUT2D eigenvalue weighted by Crippen LogP contribution is 2.13. The van der Waals surface area contributed by atoms with E-state index in [-0.39, 0.29) is 12.5 Å². The Morgan fingerprint density at radius 1 is 1.33 bits per heavy atom. The van der Waals surface area contributed by atoms with Crippen molar-refractivity contribution in [2.75, 3.05) is 5.32 Å². The van der Waals surface area contributed by atoms with Crippen LogP contribution in [0.1, 0.15) is 31.1 Å². The minimum absolute atomic E-state index is 0.0932. The van der Waals surface area contributed by atoms with Crippen LogP contribution in [0.4, 0.5) is 5.69 Å². The van der Waals surface area contributed by atoms with Crippen molar-refractivity contribution in [1.82, 2.24) is 14.8 Å². The summed E-state index contributed by atoms with van der Waals surface area (Å²) < 4.78 is 1.61. The Morgan fingerprint density at radius 3 is 2.76 bits per heavy atom. The Morgan fingerprint density at radius 2 is 2.10 bits per heavy atom. The number of nitrogens with one attached hydrogen (secondary N) is 1. The quantitative estimate of drug-likeness (QED) is 0.908. The lowest BCUT2D eigenvalue weighted by atomic mass is 10.2. The summed E-state index contributed by atoms with van der Waals surface area (Å²) in [6.07, 6.45) is 1.45. The molecule has 2 rings (SSSR count). The number of amides is 1. The molecule has 0 radical (unpaired) electrons. The summed E-state index contributed by atoms with van der Waals surface area (Å²) in [6.45, 7) is 4.04. The minimum atomic E-state index is -0.222. The number of aromatic nitrogens is 3. The van der Waals surface area contributed by atoms with Gasteiger partial charge in [-0.25, -0.2) is 9.67 Å². The molecule has 6 nitrogen and oxygen atoms in total. The van der Waals surface area contributed by atoms with E-state index in [2.05, 4.69) is 21.5 Å². The topological polar surface area (TPSA) is 83.6 Å². The molecule has 0 unspecified atom stereocenters. The lowest BCUT2D eigenvalue weighted by Crippen LogP contribution is -2.21. The molecule has 0 aliphatic rings. The summed E-state index contributed by atoms with van der Waals surface area (Å²) in [6, 6.07) is 8.95. The zero-order chi connectivity index (χ0) is 15.2. The van der Waals surface area contributed by atoms with Gasteiger partial charge in [-0.05, 0) is 12.1 Å². The average molecular weight is 283 g/mol. The molecule has 1 N–H and O–H groups in total. The summed E-state index contributed by atoms with van der Waals surface area (Å²) in [5.74, 6) is 1.30. The van der Waals surface area contributed by atoms with Crippen molar-refractivity contribution >= 4 is 11.6 Å². The first-order valence-corrected chi connectivity index (χ1v) is 6.89. The van der Waals surface area contributed by atoms with E-state index >= 15 is 0 Å². The summed E-state index contributed by atoms with van der Waals surface area (Å²) in [5.41, 5.74) is 0.952. The van der Waals surface area contributed by atoms with Crippen LogP contribution in [0.5, 0.6) is 0 Å². The fourth-order valence-electron chi connectivity index (χ4n) is 1.98. The number of anilines is 1. The first-order valence-electron chi connectivity index (χ1n) is 6.89. The zero-order valence-electron chi connectivity index (χ0n) is 12.1. The van der Waals surface area contributed by atoms with E-state index in [1.54, 1.807) is 28.9 Å². The van der Waals surface area contributed by atoms with Crippen molar-refractivity contribution in [2.45, 2.75) is 33.2 Å². The van der Waals surface area contributed by atoms with Crippen LogP contribution >= 0.6 is 0 Å². The summed E-state index contributed by atoms with van der Waals surface area (Å²) >= 11 is 0. The number of rotatable bonds is 5. The highest BCUT2D eigenvalue weighted by atomic mass is 16.2. The van der Waals surface area contributed by atoms with Gasteiger partial charge in [-0.15, -0.1) is 0 Å². The van der Waals surface area contributed by atoms with Gasteiger partial charge in [-0.2, -0.15) is 10.4 Å². The van der Waals surface area contributed by atoms with Crippen molar-refractivity contribution in [3.05, 3.63) is 41.5 Å². The largest absolute Gasteiger partial charge is 0.323 e. The van der Waals surface area contributed by atoms with E-state index in [9.17, 15) is 4.79 Å². The smallest absolute Gasteiger partial charge is 0.246 e. The van der Waals surface area contributed by atoms with Crippen molar-refractivity contribution in [2.24, 2.45) is 0 Å². The number of nitriles is 1. The summed E-state index contributed by atoms with van der Waals surface area (Å²) in [4.78, 5) is 16.5. The van der Waals surface area contributed by atoms with Crippen LogP contribution < -0.4 is 5.32 Å². The second-order valence-corrected chi connectivity index (χ2v) is 4.51. The lowest BCUT2D eigenvalue weighted by molar-refractivity contribution is -0.117. The molecular formula is C15H17N5O. The van der Waals surface area contributed by atoms with Gasteiger partial charge in [0, 0.05) is 12.8 Å². The van der Waals surface area contributed by atoms with Crippen molar-refractivity contribution in [3.63, 3.8) is 0 Å². The third kappa shape index (κ3) is 3.45. The fraction of sp³-hybridized carbons (Fsp3) is 0.333. The van der Waals surface area contributed by atoms with Crippen LogP contribution in [0.2, 0.25) is 0 Å². The van der Waals surface area contributed by atoms with Crippen LogP contribution in [0, 0.1) is 11.3 Å². The predicted octanol–water partition coefficient (Wildman–Crippen LogP) is 1.91. The van der Waals surface area contributed by atoms with Gasteiger partial charge >= 0.3 is 0 Å². The van der Waals surface area contributed by atoms with Gasteiger partial charge in [0.15, 0.2) is 5.82 Å². The standard InChI is InChI=1S/C15H17N5O/c1-3-13-18-14(4-2)20(19-13)10-15(21)17-12-8-6-5-7-11(12)9-16/h5-8H,3-4,10H2,1-2H3,(H,17,21). The molecule has 0 saturated carbocycles. The maximum absolute atomic E-state index is 12.1. The third-order valence-electron chi connectivity index (χ3n) is 3.04. The van der Waals surface area contributed by atoms with Gasteiger partial charge < -0.3 is 5.32 Å². The van der Waals surface area contributed by atoms with Crippen LogP contribution in [-0.2, 0) is 24.2 Å². The average Bonchev–Trinajstić information content (AvgIpc) is 2.89.